The lowest BCUT2D eigenvalue weighted by Gasteiger charge is -2.27. The van der Waals surface area contributed by atoms with Gasteiger partial charge in [0.05, 0.1) is 12.5 Å². The molecule has 1 aromatic rings. The number of carboxylic acid groups (broad SMARTS) is 1. The van der Waals surface area contributed by atoms with Gasteiger partial charge in [0.1, 0.15) is 0 Å². The Morgan fingerprint density at radius 1 is 1.35 bits per heavy atom. The summed E-state index contributed by atoms with van der Waals surface area (Å²) in [7, 11) is 0. The first-order valence-electron chi connectivity index (χ1n) is 5.35. The second-order valence-electron chi connectivity index (χ2n) is 3.76. The lowest BCUT2D eigenvalue weighted by Crippen LogP contribution is -2.39. The van der Waals surface area contributed by atoms with Crippen LogP contribution in [0.25, 0.3) is 0 Å². The van der Waals surface area contributed by atoms with E-state index in [1.54, 1.807) is 0 Å². The minimum Gasteiger partial charge on any atom is -0.481 e. The van der Waals surface area contributed by atoms with Crippen LogP contribution >= 0.6 is 0 Å². The average molecular weight is 236 g/mol. The van der Waals surface area contributed by atoms with E-state index in [2.05, 4.69) is 0 Å². The summed E-state index contributed by atoms with van der Waals surface area (Å²) >= 11 is 0. The Balaban J connectivity index is 2.77. The molecule has 5 nitrogen and oxygen atoms in total. The molecule has 0 saturated heterocycles. The Morgan fingerprint density at radius 3 is 2.41 bits per heavy atom. The van der Waals surface area contributed by atoms with Crippen molar-refractivity contribution >= 4 is 12.0 Å². The molecular formula is C12H16N2O3. The van der Waals surface area contributed by atoms with Crippen LogP contribution in [0.15, 0.2) is 30.3 Å². The maximum Gasteiger partial charge on any atom is 0.315 e. The van der Waals surface area contributed by atoms with Gasteiger partial charge in [-0.1, -0.05) is 30.3 Å². The van der Waals surface area contributed by atoms with Crippen molar-refractivity contribution in [2.45, 2.75) is 19.4 Å². The van der Waals surface area contributed by atoms with Crippen molar-refractivity contribution in [2.75, 3.05) is 6.54 Å². The second kappa shape index (κ2) is 5.89. The summed E-state index contributed by atoms with van der Waals surface area (Å²) < 4.78 is 0. The summed E-state index contributed by atoms with van der Waals surface area (Å²) in [4.78, 5) is 23.1. The van der Waals surface area contributed by atoms with Gasteiger partial charge in [-0.05, 0) is 12.5 Å². The molecule has 5 heteroatoms. The van der Waals surface area contributed by atoms with Crippen LogP contribution in [0, 0.1) is 0 Å². The van der Waals surface area contributed by atoms with Gasteiger partial charge >= 0.3 is 12.0 Å². The number of hydrogen-bond donors (Lipinski definition) is 2. The monoisotopic (exact) mass is 236 g/mol. The molecule has 2 amide bonds. The molecule has 0 aliphatic rings. The molecule has 1 rings (SSSR count). The lowest BCUT2D eigenvalue weighted by molar-refractivity contribution is -0.137. The third kappa shape index (κ3) is 3.79. The Bertz CT molecular complexity index is 392. The van der Waals surface area contributed by atoms with Crippen molar-refractivity contribution in [2.24, 2.45) is 5.73 Å². The highest BCUT2D eigenvalue weighted by Crippen LogP contribution is 2.19. The number of carbonyl (C=O) groups excluding carboxylic acids is 1. The van der Waals surface area contributed by atoms with E-state index in [1.807, 2.05) is 37.3 Å². The molecule has 0 aliphatic heterocycles. The zero-order valence-corrected chi connectivity index (χ0v) is 9.67. The maximum atomic E-state index is 11.3. The largest absolute Gasteiger partial charge is 0.481 e. The molecule has 3 N–H and O–H groups in total. The fraction of sp³-hybridized carbons (Fsp3) is 0.333. The topological polar surface area (TPSA) is 83.6 Å². The lowest BCUT2D eigenvalue weighted by atomic mass is 10.1. The summed E-state index contributed by atoms with van der Waals surface area (Å²) in [5.41, 5.74) is 6.18. The highest BCUT2D eigenvalue weighted by molar-refractivity contribution is 5.74. The third-order valence-electron chi connectivity index (χ3n) is 2.60. The minimum atomic E-state index is -0.948. The minimum absolute atomic E-state index is 0.111. The molecule has 0 fully saturated rings. The molecule has 0 spiro atoms. The van der Waals surface area contributed by atoms with E-state index < -0.39 is 12.0 Å². The van der Waals surface area contributed by atoms with Crippen molar-refractivity contribution < 1.29 is 14.7 Å². The molecular weight excluding hydrogens is 220 g/mol. The van der Waals surface area contributed by atoms with Crippen LogP contribution in [-0.4, -0.2) is 28.6 Å². The number of primary amides is 1. The van der Waals surface area contributed by atoms with E-state index in [0.717, 1.165) is 5.56 Å². The number of aliphatic carboxylic acids is 1. The molecule has 1 aromatic carbocycles. The van der Waals surface area contributed by atoms with Gasteiger partial charge in [-0.25, -0.2) is 4.79 Å². The third-order valence-corrected chi connectivity index (χ3v) is 2.60. The van der Waals surface area contributed by atoms with E-state index in [9.17, 15) is 9.59 Å². The van der Waals surface area contributed by atoms with E-state index >= 15 is 0 Å². The van der Waals surface area contributed by atoms with Gasteiger partial charge in [-0.2, -0.15) is 0 Å². The summed E-state index contributed by atoms with van der Waals surface area (Å²) in [6, 6.07) is 8.52. The van der Waals surface area contributed by atoms with Crippen LogP contribution in [0.3, 0.4) is 0 Å². The average Bonchev–Trinajstić information content (AvgIpc) is 2.29. The predicted molar refractivity (Wildman–Crippen MR) is 63.4 cm³/mol. The molecule has 0 saturated carbocycles. The van der Waals surface area contributed by atoms with Crippen LogP contribution < -0.4 is 5.73 Å². The quantitative estimate of drug-likeness (QED) is 0.814. The van der Waals surface area contributed by atoms with E-state index in [4.69, 9.17) is 10.8 Å². The Morgan fingerprint density at radius 2 is 1.94 bits per heavy atom. The van der Waals surface area contributed by atoms with E-state index in [-0.39, 0.29) is 19.0 Å². The molecule has 92 valence electrons. The Labute approximate surface area is 99.8 Å². The molecule has 0 bridgehead atoms. The van der Waals surface area contributed by atoms with Crippen molar-refractivity contribution in [1.82, 2.24) is 4.90 Å². The number of carbonyl (C=O) groups is 2. The summed E-state index contributed by atoms with van der Waals surface area (Å²) in [5.74, 6) is -0.948. The van der Waals surface area contributed by atoms with E-state index in [1.165, 1.54) is 4.90 Å². The van der Waals surface area contributed by atoms with Crippen LogP contribution in [-0.2, 0) is 4.79 Å². The number of rotatable bonds is 5. The number of nitrogens with zero attached hydrogens (tertiary/aromatic N) is 1. The predicted octanol–water partition coefficient (Wildman–Crippen LogP) is 1.60. The van der Waals surface area contributed by atoms with Gasteiger partial charge in [0.25, 0.3) is 0 Å². The van der Waals surface area contributed by atoms with Crippen LogP contribution in [0.2, 0.25) is 0 Å². The van der Waals surface area contributed by atoms with Crippen molar-refractivity contribution in [1.29, 1.82) is 0 Å². The van der Waals surface area contributed by atoms with E-state index in [0.29, 0.717) is 0 Å². The number of amides is 2. The van der Waals surface area contributed by atoms with Crippen molar-refractivity contribution in [3.8, 4) is 0 Å². The zero-order chi connectivity index (χ0) is 12.8. The number of urea groups is 1. The van der Waals surface area contributed by atoms with Gasteiger partial charge in [-0.3, -0.25) is 4.79 Å². The van der Waals surface area contributed by atoms with Crippen molar-refractivity contribution in [3.05, 3.63) is 35.9 Å². The van der Waals surface area contributed by atoms with Gasteiger partial charge < -0.3 is 15.7 Å². The fourth-order valence-corrected chi connectivity index (χ4v) is 1.62. The molecule has 1 unspecified atom stereocenters. The fourth-order valence-electron chi connectivity index (χ4n) is 1.62. The Kier molecular flexibility index (Phi) is 4.51. The zero-order valence-electron chi connectivity index (χ0n) is 9.67. The number of hydrogen-bond acceptors (Lipinski definition) is 2. The van der Waals surface area contributed by atoms with Gasteiger partial charge in [0.2, 0.25) is 0 Å². The van der Waals surface area contributed by atoms with Crippen LogP contribution in [0.5, 0.6) is 0 Å². The first kappa shape index (κ1) is 13.0. The van der Waals surface area contributed by atoms with Gasteiger partial charge in [0.15, 0.2) is 0 Å². The number of carboxylic acids is 1. The maximum absolute atomic E-state index is 11.3. The van der Waals surface area contributed by atoms with Crippen LogP contribution in [0.1, 0.15) is 24.9 Å². The molecule has 1 atom stereocenters. The Hall–Kier alpha value is -2.04. The van der Waals surface area contributed by atoms with Gasteiger partial charge in [0, 0.05) is 6.54 Å². The van der Waals surface area contributed by atoms with Crippen molar-refractivity contribution in [3.63, 3.8) is 0 Å². The summed E-state index contributed by atoms with van der Waals surface area (Å²) in [5, 5.41) is 8.62. The molecule has 0 aromatic heterocycles. The summed E-state index contributed by atoms with van der Waals surface area (Å²) in [6.07, 6.45) is -0.111. The molecule has 0 heterocycles. The molecule has 0 aliphatic carbocycles. The molecule has 0 radical (unpaired) electrons. The van der Waals surface area contributed by atoms with Gasteiger partial charge in [-0.15, -0.1) is 0 Å². The number of benzene rings is 1. The standard InChI is InChI=1S/C12H16N2O3/c1-9(10-5-3-2-4-6-10)14(12(13)17)8-7-11(15)16/h2-6,9H,7-8H2,1H3,(H2,13,17)(H,15,16). The smallest absolute Gasteiger partial charge is 0.315 e. The van der Waals surface area contributed by atoms with Crippen LogP contribution in [0.4, 0.5) is 4.79 Å². The summed E-state index contributed by atoms with van der Waals surface area (Å²) in [6.45, 7) is 1.93. The first-order chi connectivity index (χ1) is 8.02. The SMILES string of the molecule is CC(c1ccccc1)N(CCC(=O)O)C(N)=O. The molecule has 17 heavy (non-hydrogen) atoms. The first-order valence-corrected chi connectivity index (χ1v) is 5.35. The number of nitrogens with two attached hydrogens (primary N) is 1. The second-order valence-corrected chi connectivity index (χ2v) is 3.76. The normalized spacial score (nSPS) is 11.8. The highest BCUT2D eigenvalue weighted by Gasteiger charge is 2.19. The highest BCUT2D eigenvalue weighted by atomic mass is 16.4.